The lowest BCUT2D eigenvalue weighted by Gasteiger charge is -2.10. The normalized spacial score (nSPS) is 10.6. The highest BCUT2D eigenvalue weighted by Crippen LogP contribution is 2.18. The molecule has 1 heterocycles. The third-order valence-electron chi connectivity index (χ3n) is 4.86. The molecule has 7 heteroatoms. The predicted octanol–water partition coefficient (Wildman–Crippen LogP) is 4.21. The number of carbonyl (C=O) groups is 2. The number of nitrogens with one attached hydrogen (secondary N) is 1. The number of nitrogens with zero attached hydrogens (tertiary/aromatic N) is 1. The largest absolute Gasteiger partial charge is 0.489 e. The number of carbonyl (C=O) groups excluding carboxylic acids is 2. The lowest BCUT2D eigenvalue weighted by molar-refractivity contribution is -0.146. The molecule has 31 heavy (non-hydrogen) atoms. The Hall–Kier alpha value is -3.61. The number of aromatic nitrogens is 1. The number of benzene rings is 2. The molecule has 1 N–H and O–H groups in total. The first-order valence-electron chi connectivity index (χ1n) is 9.98. The summed E-state index contributed by atoms with van der Waals surface area (Å²) in [5.74, 6) is 0.562. The Labute approximate surface area is 181 Å². The van der Waals surface area contributed by atoms with E-state index in [0.717, 1.165) is 33.7 Å². The number of hydrogen-bond donors (Lipinski definition) is 1. The molecule has 0 aliphatic heterocycles. The molecule has 1 amide bonds. The second-order valence-corrected chi connectivity index (χ2v) is 7.44. The number of anilines is 1. The highest BCUT2D eigenvalue weighted by atomic mass is 16.5. The van der Waals surface area contributed by atoms with Crippen molar-refractivity contribution >= 4 is 17.6 Å². The van der Waals surface area contributed by atoms with Crippen LogP contribution in [0.1, 0.15) is 33.7 Å². The smallest absolute Gasteiger partial charge is 0.310 e. The van der Waals surface area contributed by atoms with Crippen molar-refractivity contribution in [3.63, 3.8) is 0 Å². The van der Waals surface area contributed by atoms with Crippen molar-refractivity contribution < 1.29 is 23.6 Å². The van der Waals surface area contributed by atoms with Gasteiger partial charge in [-0.2, -0.15) is 0 Å². The van der Waals surface area contributed by atoms with Crippen molar-refractivity contribution in [1.82, 2.24) is 5.16 Å². The summed E-state index contributed by atoms with van der Waals surface area (Å²) in [7, 11) is 0. The van der Waals surface area contributed by atoms with Gasteiger partial charge in [0.2, 0.25) is 0 Å². The van der Waals surface area contributed by atoms with Gasteiger partial charge in [-0.1, -0.05) is 35.0 Å². The van der Waals surface area contributed by atoms with Gasteiger partial charge in [0.05, 0.1) is 17.7 Å². The van der Waals surface area contributed by atoms with Crippen LogP contribution in [0.4, 0.5) is 5.69 Å². The maximum atomic E-state index is 12.1. The molecule has 0 atom stereocenters. The minimum Gasteiger partial charge on any atom is -0.489 e. The van der Waals surface area contributed by atoms with Crippen molar-refractivity contribution in [2.75, 3.05) is 11.9 Å². The summed E-state index contributed by atoms with van der Waals surface area (Å²) in [6.07, 6.45) is 0.0704. The van der Waals surface area contributed by atoms with E-state index in [1.807, 2.05) is 45.9 Å². The van der Waals surface area contributed by atoms with Crippen LogP contribution in [0.3, 0.4) is 0 Å². The van der Waals surface area contributed by atoms with Crippen LogP contribution in [0.15, 0.2) is 47.0 Å². The van der Waals surface area contributed by atoms with Crippen LogP contribution in [0.25, 0.3) is 0 Å². The summed E-state index contributed by atoms with van der Waals surface area (Å²) in [5, 5.41) is 6.65. The Morgan fingerprint density at radius 3 is 2.42 bits per heavy atom. The molecule has 0 saturated carbocycles. The first-order chi connectivity index (χ1) is 14.8. The van der Waals surface area contributed by atoms with Crippen molar-refractivity contribution in [1.29, 1.82) is 0 Å². The lowest BCUT2D eigenvalue weighted by atomic mass is 10.1. The minimum atomic E-state index is -0.472. The Bertz CT molecular complexity index is 1050. The van der Waals surface area contributed by atoms with E-state index in [-0.39, 0.29) is 18.9 Å². The van der Waals surface area contributed by atoms with E-state index in [4.69, 9.17) is 14.0 Å². The van der Waals surface area contributed by atoms with Crippen LogP contribution >= 0.6 is 0 Å². The number of aryl methyl sites for hydroxylation is 4. The van der Waals surface area contributed by atoms with Gasteiger partial charge in [0.1, 0.15) is 18.1 Å². The van der Waals surface area contributed by atoms with E-state index in [0.29, 0.717) is 18.0 Å². The maximum absolute atomic E-state index is 12.1. The first-order valence-corrected chi connectivity index (χ1v) is 9.98. The van der Waals surface area contributed by atoms with Gasteiger partial charge in [-0.25, -0.2) is 0 Å². The Morgan fingerprint density at radius 1 is 1.03 bits per heavy atom. The van der Waals surface area contributed by atoms with E-state index in [9.17, 15) is 9.59 Å². The average Bonchev–Trinajstić information content (AvgIpc) is 3.05. The third-order valence-corrected chi connectivity index (χ3v) is 4.86. The zero-order valence-electron chi connectivity index (χ0n) is 18.2. The second kappa shape index (κ2) is 9.93. The van der Waals surface area contributed by atoms with E-state index < -0.39 is 5.97 Å². The fourth-order valence-electron chi connectivity index (χ4n) is 3.07. The molecule has 1 aromatic heterocycles. The van der Waals surface area contributed by atoms with Gasteiger partial charge in [-0.15, -0.1) is 0 Å². The molecule has 0 radical (unpaired) electrons. The van der Waals surface area contributed by atoms with Crippen LogP contribution in [0, 0.1) is 27.7 Å². The van der Waals surface area contributed by atoms with Crippen LogP contribution in [-0.2, 0) is 27.4 Å². The fraction of sp³-hybridized carbons (Fsp3) is 0.292. The van der Waals surface area contributed by atoms with Crippen LogP contribution in [0.2, 0.25) is 0 Å². The van der Waals surface area contributed by atoms with Gasteiger partial charge in [0.25, 0.3) is 5.91 Å². The third kappa shape index (κ3) is 6.18. The molecular weight excluding hydrogens is 396 g/mol. The van der Waals surface area contributed by atoms with E-state index in [1.54, 1.807) is 24.3 Å². The van der Waals surface area contributed by atoms with E-state index >= 15 is 0 Å². The van der Waals surface area contributed by atoms with Gasteiger partial charge in [0, 0.05) is 5.69 Å². The average molecular weight is 422 g/mol. The SMILES string of the molecule is Cc1ccc(NC(=O)COC(=O)Cc2ccc(OCc3c(C)noc3C)cc2)c(C)c1. The van der Waals surface area contributed by atoms with Gasteiger partial charge in [0.15, 0.2) is 6.61 Å². The summed E-state index contributed by atoms with van der Waals surface area (Å²) < 4.78 is 16.0. The Kier molecular flexibility index (Phi) is 7.07. The molecule has 0 spiro atoms. The van der Waals surface area contributed by atoms with E-state index in [2.05, 4.69) is 10.5 Å². The Balaban J connectivity index is 1.44. The number of amides is 1. The highest BCUT2D eigenvalue weighted by Gasteiger charge is 2.12. The van der Waals surface area contributed by atoms with Crippen molar-refractivity contribution in [2.24, 2.45) is 0 Å². The second-order valence-electron chi connectivity index (χ2n) is 7.44. The Morgan fingerprint density at radius 2 is 1.77 bits per heavy atom. The van der Waals surface area contributed by atoms with Crippen LogP contribution in [-0.4, -0.2) is 23.6 Å². The molecule has 0 aliphatic rings. The summed E-state index contributed by atoms with van der Waals surface area (Å²) in [5.41, 5.74) is 5.27. The molecule has 2 aromatic carbocycles. The molecule has 162 valence electrons. The number of hydrogen-bond acceptors (Lipinski definition) is 6. The van der Waals surface area contributed by atoms with E-state index in [1.165, 1.54) is 0 Å². The van der Waals surface area contributed by atoms with Gasteiger partial charge >= 0.3 is 5.97 Å². The number of ether oxygens (including phenoxy) is 2. The molecular formula is C24H26N2O5. The fourth-order valence-corrected chi connectivity index (χ4v) is 3.07. The molecule has 0 bridgehead atoms. The molecule has 3 rings (SSSR count). The van der Waals surface area contributed by atoms with Crippen LogP contribution < -0.4 is 10.1 Å². The molecule has 0 unspecified atom stereocenters. The van der Waals surface area contributed by atoms with Gasteiger partial charge in [-0.05, 0) is 57.0 Å². The van der Waals surface area contributed by atoms with Gasteiger partial charge in [-0.3, -0.25) is 9.59 Å². The van der Waals surface area contributed by atoms with Gasteiger partial charge < -0.3 is 19.3 Å². The lowest BCUT2D eigenvalue weighted by Crippen LogP contribution is -2.22. The molecule has 7 nitrogen and oxygen atoms in total. The first kappa shape index (κ1) is 22.1. The zero-order chi connectivity index (χ0) is 22.4. The topological polar surface area (TPSA) is 90.7 Å². The monoisotopic (exact) mass is 422 g/mol. The zero-order valence-corrected chi connectivity index (χ0v) is 18.2. The molecule has 3 aromatic rings. The number of esters is 1. The predicted molar refractivity (Wildman–Crippen MR) is 116 cm³/mol. The van der Waals surface area contributed by atoms with Crippen LogP contribution in [0.5, 0.6) is 5.75 Å². The number of rotatable bonds is 8. The summed E-state index contributed by atoms with van der Waals surface area (Å²) in [6, 6.07) is 12.9. The standard InChI is InChI=1S/C24H26N2O5/c1-15-5-10-22(16(2)11-15)25-23(27)14-30-24(28)12-19-6-8-20(9-7-19)29-13-21-17(3)26-31-18(21)4/h5-11H,12-14H2,1-4H3,(H,25,27). The summed E-state index contributed by atoms with van der Waals surface area (Å²) in [6.45, 7) is 7.64. The quantitative estimate of drug-likeness (QED) is 0.547. The summed E-state index contributed by atoms with van der Waals surface area (Å²) >= 11 is 0. The van der Waals surface area contributed by atoms with Crippen molar-refractivity contribution in [3.05, 3.63) is 76.2 Å². The van der Waals surface area contributed by atoms with Crippen molar-refractivity contribution in [3.8, 4) is 5.75 Å². The molecule has 0 aliphatic carbocycles. The summed E-state index contributed by atoms with van der Waals surface area (Å²) in [4.78, 5) is 24.1. The van der Waals surface area contributed by atoms with Crippen molar-refractivity contribution in [2.45, 2.75) is 40.7 Å². The maximum Gasteiger partial charge on any atom is 0.310 e. The minimum absolute atomic E-state index is 0.0704. The highest BCUT2D eigenvalue weighted by molar-refractivity contribution is 5.93. The molecule has 0 saturated heterocycles. The molecule has 0 fully saturated rings.